The van der Waals surface area contributed by atoms with Crippen molar-refractivity contribution >= 4 is 5.91 Å². The van der Waals surface area contributed by atoms with Gasteiger partial charge in [0.05, 0.1) is 6.33 Å². The van der Waals surface area contributed by atoms with Crippen LogP contribution in [-0.2, 0) is 17.8 Å². The Morgan fingerprint density at radius 1 is 1.36 bits per heavy atom. The summed E-state index contributed by atoms with van der Waals surface area (Å²) < 4.78 is 48.7. The van der Waals surface area contributed by atoms with Gasteiger partial charge < -0.3 is 18.9 Å². The van der Waals surface area contributed by atoms with Gasteiger partial charge in [-0.05, 0) is 37.5 Å². The van der Waals surface area contributed by atoms with Crippen molar-refractivity contribution in [2.45, 2.75) is 45.3 Å². The molecule has 0 aliphatic carbocycles. The molecular weight excluding hydrogens is 375 g/mol. The second-order valence-electron chi connectivity index (χ2n) is 6.56. The highest BCUT2D eigenvalue weighted by molar-refractivity contribution is 5.92. The van der Waals surface area contributed by atoms with Crippen LogP contribution in [0, 0.1) is 0 Å². The minimum atomic E-state index is -4.76. The van der Waals surface area contributed by atoms with Gasteiger partial charge in [0, 0.05) is 38.5 Å². The van der Waals surface area contributed by atoms with E-state index < -0.39 is 6.36 Å². The van der Waals surface area contributed by atoms with E-state index in [1.165, 1.54) is 18.2 Å². The number of amides is 1. The molecule has 1 aliphatic rings. The number of aryl methyl sites for hydroxylation is 1. The molecule has 152 valence electrons. The highest BCUT2D eigenvalue weighted by atomic mass is 19.4. The second kappa shape index (κ2) is 8.64. The molecular formula is C19H22F3N3O3. The maximum absolute atomic E-state index is 13.1. The van der Waals surface area contributed by atoms with Gasteiger partial charge in [-0.3, -0.25) is 4.79 Å². The maximum atomic E-state index is 13.1. The number of benzene rings is 1. The lowest BCUT2D eigenvalue weighted by Gasteiger charge is -2.34. The number of imidazole rings is 1. The van der Waals surface area contributed by atoms with Gasteiger partial charge in [0.1, 0.15) is 11.4 Å². The van der Waals surface area contributed by atoms with Crippen LogP contribution in [0.5, 0.6) is 5.75 Å². The predicted molar refractivity (Wildman–Crippen MR) is 94.7 cm³/mol. The van der Waals surface area contributed by atoms with Gasteiger partial charge in [0.2, 0.25) is 0 Å². The second-order valence-corrected chi connectivity index (χ2v) is 6.56. The number of hydrogen-bond acceptors (Lipinski definition) is 4. The average Bonchev–Trinajstić information content (AvgIpc) is 3.14. The Hall–Kier alpha value is -2.55. The maximum Gasteiger partial charge on any atom is 0.573 e. The molecule has 9 heteroatoms. The van der Waals surface area contributed by atoms with Crippen molar-refractivity contribution in [3.8, 4) is 5.75 Å². The van der Waals surface area contributed by atoms with Crippen LogP contribution in [0.15, 0.2) is 36.8 Å². The molecule has 6 nitrogen and oxygen atoms in total. The molecule has 0 N–H and O–H groups in total. The molecule has 0 bridgehead atoms. The summed E-state index contributed by atoms with van der Waals surface area (Å²) in [7, 11) is 0. The van der Waals surface area contributed by atoms with Gasteiger partial charge in [0.15, 0.2) is 0 Å². The fourth-order valence-electron chi connectivity index (χ4n) is 3.19. The summed E-state index contributed by atoms with van der Waals surface area (Å²) in [5, 5.41) is 0. The highest BCUT2D eigenvalue weighted by Crippen LogP contribution is 2.25. The van der Waals surface area contributed by atoms with Crippen molar-refractivity contribution < 1.29 is 27.4 Å². The Bertz CT molecular complexity index is 801. The Labute approximate surface area is 160 Å². The molecule has 1 aromatic carbocycles. The van der Waals surface area contributed by atoms with E-state index in [1.807, 2.05) is 6.92 Å². The van der Waals surface area contributed by atoms with Crippen molar-refractivity contribution in [3.05, 3.63) is 48.0 Å². The Morgan fingerprint density at radius 3 is 2.75 bits per heavy atom. The number of aromatic nitrogens is 2. The van der Waals surface area contributed by atoms with Crippen LogP contribution >= 0.6 is 0 Å². The molecule has 0 unspecified atom stereocenters. The topological polar surface area (TPSA) is 56.6 Å². The van der Waals surface area contributed by atoms with Crippen LogP contribution in [0.25, 0.3) is 0 Å². The van der Waals surface area contributed by atoms with Crippen LogP contribution < -0.4 is 4.74 Å². The summed E-state index contributed by atoms with van der Waals surface area (Å²) in [5.74, 6) is -0.555. The van der Waals surface area contributed by atoms with Crippen LogP contribution in [0.3, 0.4) is 0 Å². The Morgan fingerprint density at radius 2 is 2.11 bits per heavy atom. The average molecular weight is 397 g/mol. The SMILES string of the molecule is CCn1cnc(C(=O)N(Cc2cccc(OC(F)(F)F)c2)C2CCOCC2)c1. The zero-order chi connectivity index (χ0) is 20.1. The lowest BCUT2D eigenvalue weighted by Crippen LogP contribution is -2.43. The molecule has 1 fully saturated rings. The zero-order valence-electron chi connectivity index (χ0n) is 15.5. The van der Waals surface area contributed by atoms with Gasteiger partial charge in [-0.25, -0.2) is 4.98 Å². The van der Waals surface area contributed by atoms with Crippen LogP contribution in [0.2, 0.25) is 0 Å². The molecule has 28 heavy (non-hydrogen) atoms. The molecule has 0 radical (unpaired) electrons. The van der Waals surface area contributed by atoms with Crippen molar-refractivity contribution in [1.29, 1.82) is 0 Å². The number of hydrogen-bond donors (Lipinski definition) is 0. The van der Waals surface area contributed by atoms with Gasteiger partial charge in [-0.2, -0.15) is 0 Å². The molecule has 0 atom stereocenters. The largest absolute Gasteiger partial charge is 0.573 e. The number of rotatable bonds is 6. The number of nitrogens with zero attached hydrogens (tertiary/aromatic N) is 3. The fraction of sp³-hybridized carbons (Fsp3) is 0.474. The third-order valence-electron chi connectivity index (χ3n) is 4.59. The van der Waals surface area contributed by atoms with E-state index in [4.69, 9.17) is 4.74 Å². The summed E-state index contributed by atoms with van der Waals surface area (Å²) in [5.41, 5.74) is 0.868. The number of ether oxygens (including phenoxy) is 2. The van der Waals surface area contributed by atoms with Crippen molar-refractivity contribution in [3.63, 3.8) is 0 Å². The number of carbonyl (C=O) groups excluding carboxylic acids is 1. The normalized spacial score (nSPS) is 15.4. The van der Waals surface area contributed by atoms with Gasteiger partial charge in [-0.15, -0.1) is 13.2 Å². The molecule has 3 rings (SSSR count). The predicted octanol–water partition coefficient (Wildman–Crippen LogP) is 3.62. The minimum absolute atomic E-state index is 0.0692. The van der Waals surface area contributed by atoms with E-state index in [2.05, 4.69) is 9.72 Å². The van der Waals surface area contributed by atoms with Crippen LogP contribution in [0.1, 0.15) is 35.8 Å². The van der Waals surface area contributed by atoms with Gasteiger partial charge in [-0.1, -0.05) is 12.1 Å². The van der Waals surface area contributed by atoms with E-state index in [1.54, 1.807) is 28.1 Å². The van der Waals surface area contributed by atoms with Crippen LogP contribution in [-0.4, -0.2) is 46.0 Å². The van der Waals surface area contributed by atoms with E-state index in [-0.39, 0.29) is 24.2 Å². The Kier molecular flexibility index (Phi) is 6.23. The van der Waals surface area contributed by atoms with Crippen molar-refractivity contribution in [1.82, 2.24) is 14.5 Å². The third-order valence-corrected chi connectivity index (χ3v) is 4.59. The van der Waals surface area contributed by atoms with E-state index in [0.717, 1.165) is 0 Å². The van der Waals surface area contributed by atoms with Crippen molar-refractivity contribution in [2.75, 3.05) is 13.2 Å². The first-order chi connectivity index (χ1) is 13.4. The Balaban J connectivity index is 1.83. The lowest BCUT2D eigenvalue weighted by atomic mass is 10.0. The highest BCUT2D eigenvalue weighted by Gasteiger charge is 2.32. The molecule has 1 amide bonds. The monoisotopic (exact) mass is 397 g/mol. The molecule has 0 spiro atoms. The number of halogens is 3. The summed E-state index contributed by atoms with van der Waals surface area (Å²) in [6, 6.07) is 5.63. The molecule has 2 aromatic rings. The zero-order valence-corrected chi connectivity index (χ0v) is 15.5. The first-order valence-electron chi connectivity index (χ1n) is 9.11. The van der Waals surface area contributed by atoms with Gasteiger partial charge >= 0.3 is 6.36 Å². The first kappa shape index (κ1) is 20.2. The summed E-state index contributed by atoms with van der Waals surface area (Å²) in [6.45, 7) is 3.87. The smallest absolute Gasteiger partial charge is 0.406 e. The molecule has 1 saturated heterocycles. The van der Waals surface area contributed by atoms with E-state index in [9.17, 15) is 18.0 Å². The van der Waals surface area contributed by atoms with E-state index >= 15 is 0 Å². The van der Waals surface area contributed by atoms with Gasteiger partial charge in [0.25, 0.3) is 5.91 Å². The first-order valence-corrected chi connectivity index (χ1v) is 9.11. The number of carbonyl (C=O) groups is 1. The quantitative estimate of drug-likeness (QED) is 0.747. The van der Waals surface area contributed by atoms with Crippen molar-refractivity contribution in [2.24, 2.45) is 0 Å². The molecule has 0 saturated carbocycles. The summed E-state index contributed by atoms with van der Waals surface area (Å²) in [6.07, 6.45) is -0.162. The lowest BCUT2D eigenvalue weighted by molar-refractivity contribution is -0.274. The summed E-state index contributed by atoms with van der Waals surface area (Å²) in [4.78, 5) is 18.9. The van der Waals surface area contributed by atoms with E-state index in [0.29, 0.717) is 43.9 Å². The summed E-state index contributed by atoms with van der Waals surface area (Å²) >= 11 is 0. The molecule has 1 aliphatic heterocycles. The standard InChI is InChI=1S/C19H22F3N3O3/c1-2-24-12-17(23-13-24)18(26)25(15-6-8-27-9-7-15)11-14-4-3-5-16(10-14)28-19(20,21)22/h3-5,10,12-13,15H,2,6-9,11H2,1H3. The molecule has 1 aromatic heterocycles. The number of alkyl halides is 3. The molecule has 2 heterocycles. The minimum Gasteiger partial charge on any atom is -0.406 e. The third kappa shape index (κ3) is 5.25. The van der Waals surface area contributed by atoms with Crippen LogP contribution in [0.4, 0.5) is 13.2 Å². The fourth-order valence-corrected chi connectivity index (χ4v) is 3.19.